The Kier molecular flexibility index (Phi) is 3.47. The zero-order chi connectivity index (χ0) is 10.7. The third-order valence-corrected chi connectivity index (χ3v) is 2.34. The van der Waals surface area contributed by atoms with Gasteiger partial charge in [-0.3, -0.25) is 0 Å². The van der Waals surface area contributed by atoms with Crippen LogP contribution in [-0.4, -0.2) is 13.8 Å². The van der Waals surface area contributed by atoms with Gasteiger partial charge in [0.1, 0.15) is 12.4 Å². The number of ether oxygens (including phenoxy) is 1. The Labute approximate surface area is 83.9 Å². The zero-order valence-electron chi connectivity index (χ0n) is 8.80. The normalized spacial score (nSPS) is 12.6. The fourth-order valence-electron chi connectivity index (χ4n) is 1.71. The van der Waals surface area contributed by atoms with Gasteiger partial charge in [0.2, 0.25) is 0 Å². The predicted molar refractivity (Wildman–Crippen MR) is 55.4 cm³/mol. The molecule has 0 aliphatic carbocycles. The van der Waals surface area contributed by atoms with E-state index < -0.39 is 12.7 Å². The average molecular weight is 197 g/mol. The Hall–Kier alpha value is -1.09. The summed E-state index contributed by atoms with van der Waals surface area (Å²) >= 11 is 0. The minimum atomic E-state index is -0.534. The monoisotopic (exact) mass is 197 g/mol. The first-order valence-electron chi connectivity index (χ1n) is 4.56. The van der Waals surface area contributed by atoms with Crippen molar-refractivity contribution in [2.24, 2.45) is 5.73 Å². The molecule has 2 nitrogen and oxygen atoms in total. The van der Waals surface area contributed by atoms with Crippen molar-refractivity contribution in [1.29, 1.82) is 0 Å². The Morgan fingerprint density at radius 2 is 1.86 bits per heavy atom. The zero-order valence-corrected chi connectivity index (χ0v) is 8.80. The highest BCUT2D eigenvalue weighted by molar-refractivity contribution is 5.42. The standard InChI is InChI=1S/C11H16FNO/c1-7-4-9(14-3)5-8(2)11(7)10(13)6-12/h4-5,10H,6,13H2,1-3H3. The van der Waals surface area contributed by atoms with Crippen molar-refractivity contribution in [3.05, 3.63) is 28.8 Å². The van der Waals surface area contributed by atoms with E-state index >= 15 is 0 Å². The van der Waals surface area contributed by atoms with Crippen molar-refractivity contribution in [1.82, 2.24) is 0 Å². The van der Waals surface area contributed by atoms with Crippen LogP contribution in [-0.2, 0) is 0 Å². The van der Waals surface area contributed by atoms with Gasteiger partial charge in [-0.25, -0.2) is 4.39 Å². The second-order valence-corrected chi connectivity index (χ2v) is 3.44. The van der Waals surface area contributed by atoms with E-state index in [-0.39, 0.29) is 0 Å². The van der Waals surface area contributed by atoms with E-state index in [1.165, 1.54) is 0 Å². The lowest BCUT2D eigenvalue weighted by Gasteiger charge is -2.15. The summed E-state index contributed by atoms with van der Waals surface area (Å²) in [4.78, 5) is 0. The van der Waals surface area contributed by atoms with Crippen LogP contribution in [0.25, 0.3) is 0 Å². The molecule has 0 saturated carbocycles. The highest BCUT2D eigenvalue weighted by Gasteiger charge is 2.12. The minimum Gasteiger partial charge on any atom is -0.497 e. The first-order chi connectivity index (χ1) is 6.60. The fraction of sp³-hybridized carbons (Fsp3) is 0.455. The molecule has 0 amide bonds. The number of aryl methyl sites for hydroxylation is 2. The Balaban J connectivity index is 3.18. The first kappa shape index (κ1) is 11.0. The highest BCUT2D eigenvalue weighted by Crippen LogP contribution is 2.25. The Morgan fingerprint density at radius 1 is 1.36 bits per heavy atom. The Bertz CT molecular complexity index is 302. The van der Waals surface area contributed by atoms with Crippen LogP contribution in [0.15, 0.2) is 12.1 Å². The summed E-state index contributed by atoms with van der Waals surface area (Å²) in [6.07, 6.45) is 0. The van der Waals surface area contributed by atoms with Crippen molar-refractivity contribution in [3.8, 4) is 5.75 Å². The largest absolute Gasteiger partial charge is 0.497 e. The molecule has 0 spiro atoms. The van der Waals surface area contributed by atoms with Gasteiger partial charge in [-0.1, -0.05) is 0 Å². The molecular formula is C11H16FNO. The summed E-state index contributed by atoms with van der Waals surface area (Å²) in [5, 5.41) is 0. The van der Waals surface area contributed by atoms with Gasteiger partial charge < -0.3 is 10.5 Å². The minimum absolute atomic E-state index is 0.527. The molecule has 1 unspecified atom stereocenters. The molecule has 0 aromatic heterocycles. The molecule has 2 N–H and O–H groups in total. The number of nitrogens with two attached hydrogens (primary N) is 1. The topological polar surface area (TPSA) is 35.2 Å². The van der Waals surface area contributed by atoms with E-state index in [1.807, 2.05) is 26.0 Å². The van der Waals surface area contributed by atoms with Crippen molar-refractivity contribution >= 4 is 0 Å². The van der Waals surface area contributed by atoms with Gasteiger partial charge in [-0.2, -0.15) is 0 Å². The smallest absolute Gasteiger partial charge is 0.119 e. The van der Waals surface area contributed by atoms with Gasteiger partial charge in [0.05, 0.1) is 13.2 Å². The average Bonchev–Trinajstić information content (AvgIpc) is 2.16. The van der Waals surface area contributed by atoms with E-state index in [2.05, 4.69) is 0 Å². The third-order valence-electron chi connectivity index (χ3n) is 2.34. The second kappa shape index (κ2) is 4.42. The molecule has 1 atom stereocenters. The quantitative estimate of drug-likeness (QED) is 0.806. The van der Waals surface area contributed by atoms with Crippen LogP contribution in [0.4, 0.5) is 4.39 Å². The number of benzene rings is 1. The summed E-state index contributed by atoms with van der Waals surface area (Å²) < 4.78 is 17.6. The molecule has 0 heterocycles. The summed E-state index contributed by atoms with van der Waals surface area (Å²) in [6.45, 7) is 3.30. The molecule has 0 fully saturated rings. The molecule has 0 aliphatic rings. The molecule has 14 heavy (non-hydrogen) atoms. The first-order valence-corrected chi connectivity index (χ1v) is 4.56. The number of rotatable bonds is 3. The third kappa shape index (κ3) is 2.04. The highest BCUT2D eigenvalue weighted by atomic mass is 19.1. The van der Waals surface area contributed by atoms with Gasteiger partial charge in [0, 0.05) is 0 Å². The Morgan fingerprint density at radius 3 is 2.21 bits per heavy atom. The molecule has 0 saturated heterocycles. The molecule has 1 aromatic rings. The fourth-order valence-corrected chi connectivity index (χ4v) is 1.71. The van der Waals surface area contributed by atoms with Gasteiger partial charge in [0.25, 0.3) is 0 Å². The van der Waals surface area contributed by atoms with Gasteiger partial charge in [0.15, 0.2) is 0 Å². The molecule has 0 radical (unpaired) electrons. The molecular weight excluding hydrogens is 181 g/mol. The van der Waals surface area contributed by atoms with Crippen LogP contribution in [0.1, 0.15) is 22.7 Å². The van der Waals surface area contributed by atoms with E-state index in [9.17, 15) is 4.39 Å². The lowest BCUT2D eigenvalue weighted by atomic mass is 9.97. The summed E-state index contributed by atoms with van der Waals surface area (Å²) in [5.41, 5.74) is 8.51. The summed E-state index contributed by atoms with van der Waals surface area (Å²) in [7, 11) is 1.61. The van der Waals surface area contributed by atoms with Crippen LogP contribution in [0.3, 0.4) is 0 Å². The maximum atomic E-state index is 12.5. The molecule has 1 aromatic carbocycles. The maximum Gasteiger partial charge on any atom is 0.119 e. The van der Waals surface area contributed by atoms with Crippen molar-refractivity contribution in [3.63, 3.8) is 0 Å². The maximum absolute atomic E-state index is 12.5. The van der Waals surface area contributed by atoms with E-state index in [0.717, 1.165) is 22.4 Å². The van der Waals surface area contributed by atoms with Crippen molar-refractivity contribution in [2.45, 2.75) is 19.9 Å². The van der Waals surface area contributed by atoms with E-state index in [1.54, 1.807) is 7.11 Å². The number of halogens is 1. The van der Waals surface area contributed by atoms with Gasteiger partial charge in [-0.05, 0) is 42.7 Å². The van der Waals surface area contributed by atoms with Crippen LogP contribution < -0.4 is 10.5 Å². The van der Waals surface area contributed by atoms with E-state index in [4.69, 9.17) is 10.5 Å². The SMILES string of the molecule is COc1cc(C)c(C(N)CF)c(C)c1. The van der Waals surface area contributed by atoms with E-state index in [0.29, 0.717) is 0 Å². The van der Waals surface area contributed by atoms with Crippen molar-refractivity contribution < 1.29 is 9.13 Å². The predicted octanol–water partition coefficient (Wildman–Crippen LogP) is 2.28. The van der Waals surface area contributed by atoms with Crippen LogP contribution >= 0.6 is 0 Å². The van der Waals surface area contributed by atoms with Gasteiger partial charge >= 0.3 is 0 Å². The molecule has 0 aliphatic heterocycles. The number of hydrogen-bond donors (Lipinski definition) is 1. The van der Waals surface area contributed by atoms with Gasteiger partial charge in [-0.15, -0.1) is 0 Å². The molecule has 3 heteroatoms. The van der Waals surface area contributed by atoms with Crippen LogP contribution in [0, 0.1) is 13.8 Å². The van der Waals surface area contributed by atoms with Crippen molar-refractivity contribution in [2.75, 3.05) is 13.8 Å². The lowest BCUT2D eigenvalue weighted by Crippen LogP contribution is -2.15. The summed E-state index contributed by atoms with van der Waals surface area (Å²) in [5.74, 6) is 0.787. The molecule has 78 valence electrons. The van der Waals surface area contributed by atoms with Crippen LogP contribution in [0.2, 0.25) is 0 Å². The number of alkyl halides is 1. The molecule has 1 rings (SSSR count). The number of methoxy groups -OCH3 is 1. The lowest BCUT2D eigenvalue weighted by molar-refractivity contribution is 0.411. The second-order valence-electron chi connectivity index (χ2n) is 3.44. The molecule has 0 bridgehead atoms. The summed E-state index contributed by atoms with van der Waals surface area (Å²) in [6, 6.07) is 3.22. The van der Waals surface area contributed by atoms with Crippen LogP contribution in [0.5, 0.6) is 5.75 Å². The number of hydrogen-bond acceptors (Lipinski definition) is 2.